The Morgan fingerprint density at radius 1 is 1.11 bits per heavy atom. The van der Waals surface area contributed by atoms with E-state index in [2.05, 4.69) is 27.3 Å². The van der Waals surface area contributed by atoms with Crippen LogP contribution in [0.15, 0.2) is 71.4 Å². The maximum absolute atomic E-state index is 13.4. The first-order valence-electron chi connectivity index (χ1n) is 12.1. The number of hydrogen-bond acceptors (Lipinski definition) is 7. The van der Waals surface area contributed by atoms with Crippen LogP contribution in [0, 0.1) is 12.8 Å². The Morgan fingerprint density at radius 3 is 2.54 bits per heavy atom. The Kier molecular flexibility index (Phi) is 7.37. The molecule has 1 aliphatic heterocycles. The van der Waals surface area contributed by atoms with Gasteiger partial charge in [0, 0.05) is 48.3 Å². The molecule has 2 unspecified atom stereocenters. The van der Waals surface area contributed by atoms with Crippen molar-refractivity contribution in [1.29, 1.82) is 0 Å². The summed E-state index contributed by atoms with van der Waals surface area (Å²) in [5.41, 5.74) is 2.53. The number of aryl methyl sites for hydroxylation is 1. The Labute approximate surface area is 220 Å². The summed E-state index contributed by atoms with van der Waals surface area (Å²) in [4.78, 5) is 23.9. The van der Waals surface area contributed by atoms with Crippen LogP contribution < -0.4 is 9.47 Å². The highest BCUT2D eigenvalue weighted by Crippen LogP contribution is 2.34. The van der Waals surface area contributed by atoms with Crippen LogP contribution in [0.1, 0.15) is 34.1 Å². The molecule has 37 heavy (non-hydrogen) atoms. The molecule has 0 bridgehead atoms. The summed E-state index contributed by atoms with van der Waals surface area (Å²) in [7, 11) is 1.65. The van der Waals surface area contributed by atoms with Gasteiger partial charge in [0.05, 0.1) is 18.7 Å². The lowest BCUT2D eigenvalue weighted by molar-refractivity contribution is 0.0615. The maximum Gasteiger partial charge on any atom is 0.257 e. The normalized spacial score (nSPS) is 17.4. The largest absolute Gasteiger partial charge is 0.497 e. The monoisotopic (exact) mass is 518 g/mol. The maximum atomic E-state index is 13.4. The molecule has 190 valence electrons. The number of benzene rings is 2. The Bertz CT molecular complexity index is 1340. The van der Waals surface area contributed by atoms with E-state index in [-0.39, 0.29) is 17.7 Å². The number of rotatable bonds is 7. The van der Waals surface area contributed by atoms with Crippen molar-refractivity contribution >= 4 is 17.5 Å². The molecule has 1 fully saturated rings. The minimum atomic E-state index is -0.00879. The van der Waals surface area contributed by atoms with Crippen LogP contribution in [0.3, 0.4) is 0 Å². The number of aromatic nitrogens is 3. The second-order valence-corrected chi connectivity index (χ2v) is 9.47. The number of ether oxygens (including phenoxy) is 2. The molecule has 5 rings (SSSR count). The molecule has 2 aromatic heterocycles. The number of methoxy groups -OCH3 is 1. The number of carbonyl (C=O) groups excluding carboxylic acids is 1. The molecule has 0 spiro atoms. The van der Waals surface area contributed by atoms with Gasteiger partial charge < -0.3 is 18.9 Å². The average molecular weight is 519 g/mol. The fourth-order valence-electron chi connectivity index (χ4n) is 4.61. The van der Waals surface area contributed by atoms with Gasteiger partial charge in [-0.3, -0.25) is 4.79 Å². The molecule has 3 heterocycles. The molecular weight excluding hydrogens is 492 g/mol. The molecule has 9 heteroatoms. The van der Waals surface area contributed by atoms with Crippen molar-refractivity contribution in [3.63, 3.8) is 0 Å². The number of likely N-dealkylation sites (tertiary alicyclic amines) is 1. The first-order chi connectivity index (χ1) is 18.0. The minimum Gasteiger partial charge on any atom is -0.497 e. The summed E-state index contributed by atoms with van der Waals surface area (Å²) in [5.74, 6) is 2.63. The molecule has 0 radical (unpaired) electrons. The van der Waals surface area contributed by atoms with Gasteiger partial charge in [-0.05, 0) is 61.4 Å². The van der Waals surface area contributed by atoms with Crippen LogP contribution in [0.25, 0.3) is 11.5 Å². The van der Waals surface area contributed by atoms with Gasteiger partial charge in [-0.15, -0.1) is 0 Å². The number of piperidine rings is 1. The number of pyridine rings is 1. The van der Waals surface area contributed by atoms with E-state index in [1.807, 2.05) is 29.2 Å². The first-order valence-corrected chi connectivity index (χ1v) is 12.5. The van der Waals surface area contributed by atoms with Crippen LogP contribution in [0.2, 0.25) is 5.02 Å². The van der Waals surface area contributed by atoms with E-state index in [9.17, 15) is 4.79 Å². The summed E-state index contributed by atoms with van der Waals surface area (Å²) >= 11 is 5.95. The van der Waals surface area contributed by atoms with Gasteiger partial charge in [0.2, 0.25) is 5.88 Å². The summed E-state index contributed by atoms with van der Waals surface area (Å²) in [5, 5.41) is 4.39. The topological polar surface area (TPSA) is 90.6 Å². The minimum absolute atomic E-state index is 0.00879. The molecule has 1 saturated heterocycles. The second kappa shape index (κ2) is 11.0. The van der Waals surface area contributed by atoms with Crippen LogP contribution >= 0.6 is 11.6 Å². The predicted octanol–water partition coefficient (Wildman–Crippen LogP) is 5.43. The fourth-order valence-corrected chi connectivity index (χ4v) is 4.72. The van der Waals surface area contributed by atoms with Crippen molar-refractivity contribution in [3.8, 4) is 23.1 Å². The number of amides is 1. The number of hydrogen-bond donors (Lipinski definition) is 0. The molecule has 0 saturated carbocycles. The standard InChI is InChI=1S/C28H27ClN4O4/c1-18-31-27(37-32-18)20-3-5-21(6-4-20)28(34)33-14-13-22(17-36-26-12-9-23(29)15-30-26)25(16-33)19-7-10-24(35-2)11-8-19/h3-12,15,22,25H,13-14,16-17H2,1-2H3. The number of halogens is 1. The SMILES string of the molecule is COc1ccc(C2CN(C(=O)c3ccc(-c4nc(C)no4)cc3)CCC2COc2ccc(Cl)cn2)cc1. The van der Waals surface area contributed by atoms with Gasteiger partial charge in [0.25, 0.3) is 11.8 Å². The fraction of sp³-hybridized carbons (Fsp3) is 0.286. The van der Waals surface area contributed by atoms with E-state index in [0.29, 0.717) is 47.9 Å². The molecule has 0 N–H and O–H groups in total. The molecule has 8 nitrogen and oxygen atoms in total. The van der Waals surface area contributed by atoms with Gasteiger partial charge in [-0.1, -0.05) is 28.9 Å². The van der Waals surface area contributed by atoms with Gasteiger partial charge in [0.1, 0.15) is 5.75 Å². The summed E-state index contributed by atoms with van der Waals surface area (Å²) in [6.45, 7) is 3.48. The zero-order valence-electron chi connectivity index (χ0n) is 20.6. The van der Waals surface area contributed by atoms with Gasteiger partial charge in [-0.25, -0.2) is 4.98 Å². The quantitative estimate of drug-likeness (QED) is 0.322. The zero-order chi connectivity index (χ0) is 25.8. The van der Waals surface area contributed by atoms with Crippen LogP contribution in [-0.4, -0.2) is 52.7 Å². The molecule has 1 aliphatic rings. The van der Waals surface area contributed by atoms with Crippen LogP contribution in [0.4, 0.5) is 0 Å². The summed E-state index contributed by atoms with van der Waals surface area (Å²) < 4.78 is 16.6. The van der Waals surface area contributed by atoms with E-state index in [0.717, 1.165) is 23.3 Å². The van der Waals surface area contributed by atoms with E-state index in [4.69, 9.17) is 25.6 Å². The zero-order valence-corrected chi connectivity index (χ0v) is 21.4. The van der Waals surface area contributed by atoms with E-state index >= 15 is 0 Å². The smallest absolute Gasteiger partial charge is 0.257 e. The van der Waals surface area contributed by atoms with Gasteiger partial charge in [-0.2, -0.15) is 4.98 Å². The lowest BCUT2D eigenvalue weighted by Gasteiger charge is -2.39. The lowest BCUT2D eigenvalue weighted by Crippen LogP contribution is -2.44. The van der Waals surface area contributed by atoms with E-state index < -0.39 is 0 Å². The van der Waals surface area contributed by atoms with Crippen LogP contribution in [0.5, 0.6) is 11.6 Å². The number of carbonyl (C=O) groups is 1. The molecule has 2 atom stereocenters. The van der Waals surface area contributed by atoms with Crippen molar-refractivity contribution < 1.29 is 18.8 Å². The van der Waals surface area contributed by atoms with E-state index in [1.54, 1.807) is 44.5 Å². The van der Waals surface area contributed by atoms with Crippen molar-refractivity contribution in [1.82, 2.24) is 20.0 Å². The first kappa shape index (κ1) is 24.8. The average Bonchev–Trinajstić information content (AvgIpc) is 3.38. The molecular formula is C28H27ClN4O4. The third-order valence-corrected chi connectivity index (χ3v) is 6.86. The molecule has 4 aromatic rings. The Balaban J connectivity index is 1.32. The van der Waals surface area contributed by atoms with Crippen molar-refractivity contribution in [2.45, 2.75) is 19.3 Å². The molecule has 2 aromatic carbocycles. The predicted molar refractivity (Wildman–Crippen MR) is 139 cm³/mol. The van der Waals surface area contributed by atoms with E-state index in [1.165, 1.54) is 0 Å². The second-order valence-electron chi connectivity index (χ2n) is 9.03. The van der Waals surface area contributed by atoms with Crippen molar-refractivity contribution in [3.05, 3.63) is 88.8 Å². The van der Waals surface area contributed by atoms with Crippen molar-refractivity contribution in [2.75, 3.05) is 26.8 Å². The molecule has 1 amide bonds. The highest BCUT2D eigenvalue weighted by atomic mass is 35.5. The third kappa shape index (κ3) is 5.75. The Morgan fingerprint density at radius 2 is 1.89 bits per heavy atom. The number of nitrogens with zero attached hydrogens (tertiary/aromatic N) is 4. The third-order valence-electron chi connectivity index (χ3n) is 6.64. The van der Waals surface area contributed by atoms with Gasteiger partial charge in [0.15, 0.2) is 5.82 Å². The highest BCUT2D eigenvalue weighted by molar-refractivity contribution is 6.30. The highest BCUT2D eigenvalue weighted by Gasteiger charge is 2.33. The Hall–Kier alpha value is -3.91. The summed E-state index contributed by atoms with van der Waals surface area (Å²) in [6.07, 6.45) is 2.37. The lowest BCUT2D eigenvalue weighted by atomic mass is 9.81. The summed E-state index contributed by atoms with van der Waals surface area (Å²) in [6, 6.07) is 18.8. The van der Waals surface area contributed by atoms with Crippen LogP contribution in [-0.2, 0) is 0 Å². The van der Waals surface area contributed by atoms with Crippen molar-refractivity contribution in [2.24, 2.45) is 5.92 Å². The van der Waals surface area contributed by atoms with Gasteiger partial charge >= 0.3 is 0 Å². The molecule has 0 aliphatic carbocycles.